The fraction of sp³-hybridized carbons (Fsp3) is 0.400. The summed E-state index contributed by atoms with van der Waals surface area (Å²) in [6, 6.07) is 3.70. The number of nitrogens with one attached hydrogen (secondary N) is 2. The Hall–Kier alpha value is -2.69. The van der Waals surface area contributed by atoms with Crippen LogP contribution in [0.3, 0.4) is 0 Å². The number of aromatic nitrogens is 2. The Morgan fingerprint density at radius 3 is 2.69 bits per heavy atom. The summed E-state index contributed by atoms with van der Waals surface area (Å²) in [5.41, 5.74) is 4.09. The van der Waals surface area contributed by atoms with Crippen LogP contribution in [-0.4, -0.2) is 57.0 Å². The number of benzene rings is 1. The molecule has 1 aromatic carbocycles. The number of anilines is 2. The van der Waals surface area contributed by atoms with Gasteiger partial charge in [-0.25, -0.2) is 14.4 Å². The Balaban J connectivity index is 1.82. The summed E-state index contributed by atoms with van der Waals surface area (Å²) in [6.45, 7) is 0.365. The average Bonchev–Trinajstić information content (AvgIpc) is 2.73. The van der Waals surface area contributed by atoms with Crippen molar-refractivity contribution in [2.24, 2.45) is 0 Å². The van der Waals surface area contributed by atoms with Gasteiger partial charge in [0.15, 0.2) is 17.2 Å². The van der Waals surface area contributed by atoms with Crippen LogP contribution in [0, 0.1) is 5.82 Å². The summed E-state index contributed by atoms with van der Waals surface area (Å²) in [4.78, 5) is 35.5. The lowest BCUT2D eigenvalue weighted by molar-refractivity contribution is -0.150. The van der Waals surface area contributed by atoms with E-state index in [0.717, 1.165) is 6.33 Å². The topological polar surface area (TPSA) is 133 Å². The molecule has 2 aromatic rings. The first-order chi connectivity index (χ1) is 15.2. The molecule has 2 aliphatic rings. The van der Waals surface area contributed by atoms with E-state index in [9.17, 15) is 14.7 Å². The monoisotopic (exact) mass is 482 g/mol. The van der Waals surface area contributed by atoms with E-state index in [1.807, 2.05) is 0 Å². The van der Waals surface area contributed by atoms with E-state index >= 15 is 4.39 Å². The van der Waals surface area contributed by atoms with Crippen molar-refractivity contribution in [2.45, 2.75) is 36.9 Å². The van der Waals surface area contributed by atoms with Gasteiger partial charge in [0, 0.05) is 35.2 Å². The molecule has 2 fully saturated rings. The van der Waals surface area contributed by atoms with E-state index in [0.29, 0.717) is 22.2 Å². The molecule has 9 nitrogen and oxygen atoms in total. The van der Waals surface area contributed by atoms with Gasteiger partial charge in [0.05, 0.1) is 6.10 Å². The van der Waals surface area contributed by atoms with Crippen molar-refractivity contribution in [3.63, 3.8) is 0 Å². The van der Waals surface area contributed by atoms with Crippen LogP contribution >= 0.6 is 23.2 Å². The molecule has 3 heterocycles. The normalized spacial score (nSPS) is 26.1. The minimum atomic E-state index is -1.70. The number of likely N-dealkylation sites (tertiary alicyclic amines) is 1. The molecule has 2 saturated heterocycles. The van der Waals surface area contributed by atoms with Gasteiger partial charge >= 0.3 is 0 Å². The molecule has 1 aromatic heterocycles. The standard InChI is InChI=1S/C20H21Cl2FN6O3/c21-10-4-11(22)6-12(5-10)28-20(16-15(23)17(24)27-9-26-16)2-1-3-29(19(20)32)14-7-13(30)8-25-18(14)31/h4-6,9,13-14,28,30H,1-3,7-8H2,(H,25,31)(H2,24,26,27)/t13-,14+,20?/m0/s1. The van der Waals surface area contributed by atoms with Gasteiger partial charge in [-0.1, -0.05) is 23.2 Å². The van der Waals surface area contributed by atoms with Crippen LogP contribution in [0.15, 0.2) is 24.5 Å². The van der Waals surface area contributed by atoms with Gasteiger partial charge in [0.2, 0.25) is 5.91 Å². The molecular formula is C20H21Cl2FN6O3. The van der Waals surface area contributed by atoms with Crippen molar-refractivity contribution in [2.75, 3.05) is 24.1 Å². The number of nitrogens with two attached hydrogens (primary N) is 1. The Bertz CT molecular complexity index is 1050. The zero-order valence-corrected chi connectivity index (χ0v) is 18.3. The van der Waals surface area contributed by atoms with E-state index in [4.69, 9.17) is 28.9 Å². The number of hydrogen-bond donors (Lipinski definition) is 4. The van der Waals surface area contributed by atoms with Gasteiger partial charge in [0.25, 0.3) is 5.91 Å². The molecule has 1 unspecified atom stereocenters. The van der Waals surface area contributed by atoms with Crippen LogP contribution in [0.2, 0.25) is 10.0 Å². The second kappa shape index (κ2) is 8.68. The van der Waals surface area contributed by atoms with Crippen LogP contribution < -0.4 is 16.4 Å². The lowest BCUT2D eigenvalue weighted by atomic mass is 9.82. The summed E-state index contributed by atoms with van der Waals surface area (Å²) in [5.74, 6) is -2.30. The van der Waals surface area contributed by atoms with Crippen molar-refractivity contribution in [1.82, 2.24) is 20.2 Å². The highest BCUT2D eigenvalue weighted by Crippen LogP contribution is 2.39. The minimum absolute atomic E-state index is 0.0744. The van der Waals surface area contributed by atoms with Crippen molar-refractivity contribution >= 4 is 46.5 Å². The third kappa shape index (κ3) is 4.05. The maximum absolute atomic E-state index is 15.1. The molecule has 2 amide bonds. The highest BCUT2D eigenvalue weighted by molar-refractivity contribution is 6.35. The number of nitrogen functional groups attached to an aromatic ring is 1. The third-order valence-electron chi connectivity index (χ3n) is 5.70. The van der Waals surface area contributed by atoms with Crippen LogP contribution in [0.5, 0.6) is 0 Å². The molecule has 3 atom stereocenters. The molecule has 0 aliphatic carbocycles. The van der Waals surface area contributed by atoms with Gasteiger partial charge in [-0.2, -0.15) is 0 Å². The van der Waals surface area contributed by atoms with Gasteiger partial charge in [-0.3, -0.25) is 9.59 Å². The fourth-order valence-electron chi connectivity index (χ4n) is 4.27. The predicted octanol–water partition coefficient (Wildman–Crippen LogP) is 1.68. The highest BCUT2D eigenvalue weighted by Gasteiger charge is 2.52. The number of halogens is 3. The molecule has 170 valence electrons. The van der Waals surface area contributed by atoms with Crippen molar-refractivity contribution in [1.29, 1.82) is 0 Å². The van der Waals surface area contributed by atoms with Gasteiger partial charge < -0.3 is 26.4 Å². The Labute approximate surface area is 193 Å². The molecule has 32 heavy (non-hydrogen) atoms. The average molecular weight is 483 g/mol. The number of aliphatic hydroxyl groups excluding tert-OH is 1. The first-order valence-electron chi connectivity index (χ1n) is 9.99. The maximum Gasteiger partial charge on any atom is 0.255 e. The maximum atomic E-state index is 15.1. The van der Waals surface area contributed by atoms with E-state index in [2.05, 4.69) is 20.6 Å². The summed E-state index contributed by atoms with van der Waals surface area (Å²) < 4.78 is 15.1. The van der Waals surface area contributed by atoms with Crippen LogP contribution in [-0.2, 0) is 15.1 Å². The summed E-state index contributed by atoms with van der Waals surface area (Å²) in [5, 5.41) is 16.3. The van der Waals surface area contributed by atoms with Crippen molar-refractivity contribution in [3.05, 3.63) is 46.1 Å². The van der Waals surface area contributed by atoms with Gasteiger partial charge in [-0.15, -0.1) is 0 Å². The molecule has 0 spiro atoms. The Morgan fingerprint density at radius 1 is 1.25 bits per heavy atom. The zero-order valence-electron chi connectivity index (χ0n) is 16.8. The smallest absolute Gasteiger partial charge is 0.255 e. The van der Waals surface area contributed by atoms with E-state index in [-0.39, 0.29) is 37.5 Å². The predicted molar refractivity (Wildman–Crippen MR) is 117 cm³/mol. The number of carbonyl (C=O) groups is 2. The molecular weight excluding hydrogens is 462 g/mol. The molecule has 2 aliphatic heterocycles. The number of hydrogen-bond acceptors (Lipinski definition) is 7. The number of aliphatic hydroxyl groups is 1. The van der Waals surface area contributed by atoms with Gasteiger partial charge in [0.1, 0.15) is 18.1 Å². The molecule has 5 N–H and O–H groups in total. The molecule has 12 heteroatoms. The number of nitrogens with zero attached hydrogens (tertiary/aromatic N) is 3. The summed E-state index contributed by atoms with van der Waals surface area (Å²) in [6.07, 6.45) is 0.941. The zero-order chi connectivity index (χ0) is 23.0. The first-order valence-corrected chi connectivity index (χ1v) is 10.7. The lowest BCUT2D eigenvalue weighted by Crippen LogP contribution is -2.64. The molecule has 0 radical (unpaired) electrons. The first kappa shape index (κ1) is 22.5. The summed E-state index contributed by atoms with van der Waals surface area (Å²) >= 11 is 12.2. The second-order valence-corrected chi connectivity index (χ2v) is 8.74. The van der Waals surface area contributed by atoms with Crippen LogP contribution in [0.1, 0.15) is 25.0 Å². The van der Waals surface area contributed by atoms with E-state index in [1.54, 1.807) is 12.1 Å². The van der Waals surface area contributed by atoms with E-state index < -0.39 is 35.2 Å². The lowest BCUT2D eigenvalue weighted by Gasteiger charge is -2.46. The number of β-amino-alcohol motifs (C(OH)–C–C–N with tert-alkyl or cyclic N) is 1. The third-order valence-corrected chi connectivity index (χ3v) is 6.14. The SMILES string of the molecule is Nc1ncnc(C2(Nc3cc(Cl)cc(Cl)c3)CCCN([C@@H]3C[C@H](O)CNC3=O)C2=O)c1F. The van der Waals surface area contributed by atoms with Gasteiger partial charge in [-0.05, 0) is 31.0 Å². The minimum Gasteiger partial charge on any atom is -0.391 e. The van der Waals surface area contributed by atoms with Crippen molar-refractivity contribution in [3.8, 4) is 0 Å². The second-order valence-electron chi connectivity index (χ2n) is 7.86. The quantitative estimate of drug-likeness (QED) is 0.520. The fourth-order valence-corrected chi connectivity index (χ4v) is 4.79. The Kier molecular flexibility index (Phi) is 6.11. The largest absolute Gasteiger partial charge is 0.391 e. The molecule has 4 rings (SSSR count). The van der Waals surface area contributed by atoms with Crippen LogP contribution in [0.4, 0.5) is 15.9 Å². The van der Waals surface area contributed by atoms with Crippen molar-refractivity contribution < 1.29 is 19.1 Å². The van der Waals surface area contributed by atoms with E-state index in [1.165, 1.54) is 11.0 Å². The Morgan fingerprint density at radius 2 is 1.97 bits per heavy atom. The number of carbonyl (C=O) groups excluding carboxylic acids is 2. The highest BCUT2D eigenvalue weighted by atomic mass is 35.5. The number of piperidine rings is 2. The number of rotatable bonds is 4. The molecule has 0 bridgehead atoms. The van der Waals surface area contributed by atoms with Crippen LogP contribution in [0.25, 0.3) is 0 Å². The molecule has 0 saturated carbocycles. The number of amides is 2. The summed E-state index contributed by atoms with van der Waals surface area (Å²) in [7, 11) is 0.